The van der Waals surface area contributed by atoms with Crippen molar-refractivity contribution in [3.8, 4) is 44.8 Å². The van der Waals surface area contributed by atoms with Gasteiger partial charge < -0.3 is 9.13 Å². The highest BCUT2D eigenvalue weighted by molar-refractivity contribution is 7.26. The quantitative estimate of drug-likeness (QED) is 0.166. The first-order valence-electron chi connectivity index (χ1n) is 19.5. The molecule has 266 valence electrons. The Morgan fingerprint density at radius 1 is 0.316 bits per heavy atom. The Kier molecular flexibility index (Phi) is 7.13. The lowest BCUT2D eigenvalue weighted by atomic mass is 9.95. The summed E-state index contributed by atoms with van der Waals surface area (Å²) in [4.78, 5) is 0. The van der Waals surface area contributed by atoms with E-state index in [-0.39, 0.29) is 0 Å². The molecule has 0 fully saturated rings. The van der Waals surface area contributed by atoms with E-state index in [1.165, 1.54) is 109 Å². The second-order valence-corrected chi connectivity index (χ2v) is 15.9. The molecule has 57 heavy (non-hydrogen) atoms. The van der Waals surface area contributed by atoms with Gasteiger partial charge in [-0.1, -0.05) is 140 Å². The van der Waals surface area contributed by atoms with Crippen molar-refractivity contribution >= 4 is 75.1 Å². The summed E-state index contributed by atoms with van der Waals surface area (Å²) in [6.07, 6.45) is 0. The van der Waals surface area contributed by atoms with Crippen molar-refractivity contribution in [2.24, 2.45) is 0 Å². The van der Waals surface area contributed by atoms with Crippen LogP contribution in [0.25, 0.3) is 109 Å². The molecule has 0 radical (unpaired) electrons. The molecular weight excluding hydrogens is 709 g/mol. The van der Waals surface area contributed by atoms with E-state index in [1.807, 2.05) is 11.3 Å². The third-order valence-corrected chi connectivity index (χ3v) is 12.9. The average Bonchev–Trinajstić information content (AvgIpc) is 3.95. The first kappa shape index (κ1) is 32.1. The molecule has 0 atom stereocenters. The Hall–Kier alpha value is -7.20. The second-order valence-electron chi connectivity index (χ2n) is 14.9. The van der Waals surface area contributed by atoms with Crippen LogP contribution in [0, 0.1) is 0 Å². The zero-order valence-corrected chi connectivity index (χ0v) is 31.7. The average molecular weight is 743 g/mol. The predicted molar refractivity (Wildman–Crippen MR) is 244 cm³/mol. The summed E-state index contributed by atoms with van der Waals surface area (Å²) >= 11 is 1.89. The minimum Gasteiger partial charge on any atom is -0.309 e. The van der Waals surface area contributed by atoms with Crippen LogP contribution in [0.1, 0.15) is 0 Å². The maximum atomic E-state index is 2.49. The van der Waals surface area contributed by atoms with Crippen LogP contribution in [0.3, 0.4) is 0 Å². The van der Waals surface area contributed by atoms with Crippen LogP contribution < -0.4 is 0 Å². The summed E-state index contributed by atoms with van der Waals surface area (Å²) in [5.74, 6) is 0. The number of aromatic nitrogens is 2. The van der Waals surface area contributed by atoms with Gasteiger partial charge in [0.05, 0.1) is 32.5 Å². The maximum absolute atomic E-state index is 2.49. The maximum Gasteiger partial charge on any atom is 0.0641 e. The fourth-order valence-electron chi connectivity index (χ4n) is 9.15. The van der Waals surface area contributed by atoms with Gasteiger partial charge >= 0.3 is 0 Å². The summed E-state index contributed by atoms with van der Waals surface area (Å²) in [5, 5.41) is 7.64. The van der Waals surface area contributed by atoms with Crippen molar-refractivity contribution in [1.82, 2.24) is 9.13 Å². The standard InChI is InChI=1S/C54H34N2S/c1-3-14-35(15-4-1)36-16-13-17-39(32-36)41-28-31-51(54-53(41)44-22-9-12-25-52(44)57-54)56-48-24-11-8-21-43(48)46-34-38(27-30-50(46)56)37-26-29-49-45(33-37)42-20-7-10-23-47(42)55(49)40-18-5-2-6-19-40/h1-34H. The van der Waals surface area contributed by atoms with Gasteiger partial charge in [0.15, 0.2) is 0 Å². The fraction of sp³-hybridized carbons (Fsp3) is 0. The van der Waals surface area contributed by atoms with Crippen LogP contribution in [0.4, 0.5) is 0 Å². The number of thiophene rings is 1. The first-order valence-corrected chi connectivity index (χ1v) is 20.3. The highest BCUT2D eigenvalue weighted by Crippen LogP contribution is 2.46. The third-order valence-electron chi connectivity index (χ3n) is 11.7. The van der Waals surface area contributed by atoms with Crippen LogP contribution in [0.15, 0.2) is 206 Å². The van der Waals surface area contributed by atoms with E-state index in [9.17, 15) is 0 Å². The van der Waals surface area contributed by atoms with Gasteiger partial charge in [0.1, 0.15) is 0 Å². The Morgan fingerprint density at radius 3 is 1.56 bits per heavy atom. The zero-order chi connectivity index (χ0) is 37.5. The van der Waals surface area contributed by atoms with E-state index in [0.29, 0.717) is 0 Å². The first-order chi connectivity index (χ1) is 28.3. The van der Waals surface area contributed by atoms with Crippen LogP contribution in [-0.2, 0) is 0 Å². The van der Waals surface area contributed by atoms with Gasteiger partial charge in [-0.2, -0.15) is 0 Å². The minimum atomic E-state index is 1.17. The molecule has 3 heteroatoms. The molecule has 2 nitrogen and oxygen atoms in total. The molecule has 0 aliphatic rings. The van der Waals surface area contributed by atoms with Crippen LogP contribution in [0.5, 0.6) is 0 Å². The van der Waals surface area contributed by atoms with Crippen molar-refractivity contribution in [2.45, 2.75) is 0 Å². The molecule has 12 aromatic rings. The second kappa shape index (κ2) is 12.7. The number of hydrogen-bond acceptors (Lipinski definition) is 1. The number of benzene rings is 9. The lowest BCUT2D eigenvalue weighted by molar-refractivity contribution is 1.18. The molecule has 0 bridgehead atoms. The molecule has 0 aliphatic heterocycles. The van der Waals surface area contributed by atoms with Gasteiger partial charge in [0.25, 0.3) is 0 Å². The summed E-state index contributed by atoms with van der Waals surface area (Å²) < 4.78 is 7.47. The van der Waals surface area contributed by atoms with Gasteiger partial charge in [0, 0.05) is 42.7 Å². The van der Waals surface area contributed by atoms with Crippen molar-refractivity contribution in [3.63, 3.8) is 0 Å². The van der Waals surface area contributed by atoms with Crippen LogP contribution in [-0.4, -0.2) is 9.13 Å². The van der Waals surface area contributed by atoms with Gasteiger partial charge in [-0.05, 0) is 100 Å². The molecule has 0 aliphatic carbocycles. The SMILES string of the molecule is c1ccc(-c2cccc(-c3ccc(-n4c5ccccc5c5cc(-c6ccc7c(c6)c6ccccc6n7-c6ccccc6)ccc54)c4sc5ccccc5c34)c2)cc1. The lowest BCUT2D eigenvalue weighted by Crippen LogP contribution is -1.95. The molecule has 3 aromatic heterocycles. The number of hydrogen-bond donors (Lipinski definition) is 0. The molecule has 0 saturated carbocycles. The molecule has 9 aromatic carbocycles. The molecule has 0 N–H and O–H groups in total. The highest BCUT2D eigenvalue weighted by atomic mass is 32.1. The molecule has 0 unspecified atom stereocenters. The van der Waals surface area contributed by atoms with Crippen molar-refractivity contribution in [3.05, 3.63) is 206 Å². The summed E-state index contributed by atoms with van der Waals surface area (Å²) in [6, 6.07) is 75.6. The minimum absolute atomic E-state index is 1.17. The smallest absolute Gasteiger partial charge is 0.0641 e. The topological polar surface area (TPSA) is 9.86 Å². The van der Waals surface area contributed by atoms with Gasteiger partial charge in [-0.25, -0.2) is 0 Å². The van der Waals surface area contributed by atoms with Gasteiger partial charge in [-0.3, -0.25) is 0 Å². The monoisotopic (exact) mass is 742 g/mol. The molecule has 12 rings (SSSR count). The van der Waals surface area contributed by atoms with Crippen molar-refractivity contribution in [2.75, 3.05) is 0 Å². The van der Waals surface area contributed by atoms with E-state index < -0.39 is 0 Å². The van der Waals surface area contributed by atoms with E-state index in [4.69, 9.17) is 0 Å². The van der Waals surface area contributed by atoms with Gasteiger partial charge in [0.2, 0.25) is 0 Å². The Balaban J connectivity index is 1.05. The largest absolute Gasteiger partial charge is 0.309 e. The van der Waals surface area contributed by atoms with Crippen molar-refractivity contribution < 1.29 is 0 Å². The Bertz CT molecular complexity index is 3510. The summed E-state index contributed by atoms with van der Waals surface area (Å²) in [6.45, 7) is 0. The third kappa shape index (κ3) is 4.96. The van der Waals surface area contributed by atoms with Crippen LogP contribution in [0.2, 0.25) is 0 Å². The molecule has 3 heterocycles. The zero-order valence-electron chi connectivity index (χ0n) is 30.9. The number of nitrogens with zero attached hydrogens (tertiary/aromatic N) is 2. The predicted octanol–water partition coefficient (Wildman–Crippen LogP) is 15.2. The Labute approximate surface area is 333 Å². The number of para-hydroxylation sites is 3. The summed E-state index contributed by atoms with van der Waals surface area (Å²) in [5.41, 5.74) is 14.6. The molecule has 0 saturated heterocycles. The number of rotatable bonds is 5. The van der Waals surface area contributed by atoms with Crippen molar-refractivity contribution in [1.29, 1.82) is 0 Å². The van der Waals surface area contributed by atoms with Gasteiger partial charge in [-0.15, -0.1) is 11.3 Å². The van der Waals surface area contributed by atoms with Crippen LogP contribution >= 0.6 is 11.3 Å². The van der Waals surface area contributed by atoms with E-state index in [0.717, 1.165) is 0 Å². The summed E-state index contributed by atoms with van der Waals surface area (Å²) in [7, 11) is 0. The normalized spacial score (nSPS) is 11.9. The number of fused-ring (bicyclic) bond motifs is 9. The molecule has 0 spiro atoms. The molecular formula is C54H34N2S. The lowest BCUT2D eigenvalue weighted by Gasteiger charge is -2.13. The van der Waals surface area contributed by atoms with E-state index >= 15 is 0 Å². The molecule has 0 amide bonds. The fourth-order valence-corrected chi connectivity index (χ4v) is 10.4. The van der Waals surface area contributed by atoms with E-state index in [2.05, 4.69) is 215 Å². The van der Waals surface area contributed by atoms with E-state index in [1.54, 1.807) is 0 Å². The Morgan fingerprint density at radius 2 is 0.842 bits per heavy atom. The highest BCUT2D eigenvalue weighted by Gasteiger charge is 2.20.